The smallest absolute Gasteiger partial charge is 0.150 e. The lowest BCUT2D eigenvalue weighted by Gasteiger charge is -2.06. The average molecular weight is 250 g/mol. The van der Waals surface area contributed by atoms with Crippen LogP contribution in [-0.4, -0.2) is 11.3 Å². The standard InChI is InChI=1S/C16H14N2O/c1-12-2-4-15(16(6-12)11-19)5-3-13-7-14(8-17)10-18-9-13/h2,4,6-7,9-11H,3,5H2,1H3. The quantitative estimate of drug-likeness (QED) is 0.784. The topological polar surface area (TPSA) is 53.8 Å². The summed E-state index contributed by atoms with van der Waals surface area (Å²) in [7, 11) is 0. The van der Waals surface area contributed by atoms with Crippen molar-refractivity contribution in [2.24, 2.45) is 0 Å². The molecule has 0 N–H and O–H groups in total. The number of carbonyl (C=O) groups excluding carboxylic acids is 1. The maximum Gasteiger partial charge on any atom is 0.150 e. The van der Waals surface area contributed by atoms with Gasteiger partial charge in [0, 0.05) is 18.0 Å². The van der Waals surface area contributed by atoms with Crippen molar-refractivity contribution in [3.05, 3.63) is 64.5 Å². The Morgan fingerprint density at radius 3 is 2.84 bits per heavy atom. The summed E-state index contributed by atoms with van der Waals surface area (Å²) in [6.07, 6.45) is 5.74. The van der Waals surface area contributed by atoms with Crippen LogP contribution in [0.4, 0.5) is 0 Å². The number of pyridine rings is 1. The van der Waals surface area contributed by atoms with Crippen molar-refractivity contribution in [3.8, 4) is 6.07 Å². The Balaban J connectivity index is 2.14. The molecule has 1 aromatic heterocycles. The molecule has 2 rings (SSSR count). The van der Waals surface area contributed by atoms with Gasteiger partial charge >= 0.3 is 0 Å². The van der Waals surface area contributed by atoms with Crippen LogP contribution in [0.15, 0.2) is 36.7 Å². The number of aryl methyl sites for hydroxylation is 3. The van der Waals surface area contributed by atoms with E-state index in [-0.39, 0.29) is 0 Å². The molecule has 0 aliphatic carbocycles. The van der Waals surface area contributed by atoms with Gasteiger partial charge in [-0.3, -0.25) is 9.78 Å². The predicted octanol–water partition coefficient (Wildman–Crippen LogP) is 2.86. The van der Waals surface area contributed by atoms with Gasteiger partial charge in [0.05, 0.1) is 5.56 Å². The van der Waals surface area contributed by atoms with Gasteiger partial charge in [-0.25, -0.2) is 0 Å². The molecule has 2 aromatic rings. The molecular weight excluding hydrogens is 236 g/mol. The summed E-state index contributed by atoms with van der Waals surface area (Å²) in [5.41, 5.74) is 4.43. The summed E-state index contributed by atoms with van der Waals surface area (Å²) in [5.74, 6) is 0. The van der Waals surface area contributed by atoms with Crippen molar-refractivity contribution in [1.29, 1.82) is 5.26 Å². The second-order valence-electron chi connectivity index (χ2n) is 4.51. The van der Waals surface area contributed by atoms with Crippen LogP contribution < -0.4 is 0 Å². The Hall–Kier alpha value is -2.47. The number of hydrogen-bond acceptors (Lipinski definition) is 3. The van der Waals surface area contributed by atoms with E-state index >= 15 is 0 Å². The van der Waals surface area contributed by atoms with Crippen molar-refractivity contribution in [2.75, 3.05) is 0 Å². The minimum Gasteiger partial charge on any atom is -0.298 e. The molecule has 0 aliphatic heterocycles. The Kier molecular flexibility index (Phi) is 4.04. The summed E-state index contributed by atoms with van der Waals surface area (Å²) >= 11 is 0. The Bertz CT molecular complexity index is 641. The van der Waals surface area contributed by atoms with E-state index in [0.29, 0.717) is 5.56 Å². The first-order chi connectivity index (χ1) is 9.22. The van der Waals surface area contributed by atoms with E-state index < -0.39 is 0 Å². The molecule has 0 spiro atoms. The normalized spacial score (nSPS) is 9.89. The minimum absolute atomic E-state index is 0.567. The van der Waals surface area contributed by atoms with E-state index in [1.54, 1.807) is 12.4 Å². The van der Waals surface area contributed by atoms with Gasteiger partial charge in [0.1, 0.15) is 12.4 Å². The summed E-state index contributed by atoms with van der Waals surface area (Å²) in [6.45, 7) is 1.97. The highest BCUT2D eigenvalue weighted by Gasteiger charge is 2.03. The number of nitriles is 1. The first-order valence-corrected chi connectivity index (χ1v) is 6.11. The fourth-order valence-corrected chi connectivity index (χ4v) is 2.02. The van der Waals surface area contributed by atoms with E-state index in [9.17, 15) is 4.79 Å². The highest BCUT2D eigenvalue weighted by atomic mass is 16.1. The van der Waals surface area contributed by atoms with Crippen LogP contribution in [-0.2, 0) is 12.8 Å². The number of hydrogen-bond donors (Lipinski definition) is 0. The van der Waals surface area contributed by atoms with E-state index in [1.807, 2.05) is 31.2 Å². The second-order valence-corrected chi connectivity index (χ2v) is 4.51. The lowest BCUT2D eigenvalue weighted by molar-refractivity contribution is 0.112. The van der Waals surface area contributed by atoms with Crippen molar-refractivity contribution in [3.63, 3.8) is 0 Å². The van der Waals surface area contributed by atoms with Crippen LogP contribution in [0.2, 0.25) is 0 Å². The van der Waals surface area contributed by atoms with E-state index in [0.717, 1.165) is 41.4 Å². The number of rotatable bonds is 4. The molecule has 94 valence electrons. The third-order valence-electron chi connectivity index (χ3n) is 3.04. The Labute approximate surface area is 112 Å². The number of aldehydes is 1. The summed E-state index contributed by atoms with van der Waals surface area (Å²) in [6, 6.07) is 9.80. The molecule has 0 atom stereocenters. The molecule has 0 bridgehead atoms. The predicted molar refractivity (Wildman–Crippen MR) is 72.9 cm³/mol. The second kappa shape index (κ2) is 5.92. The first-order valence-electron chi connectivity index (χ1n) is 6.11. The third kappa shape index (κ3) is 3.26. The molecular formula is C16H14N2O. The molecule has 19 heavy (non-hydrogen) atoms. The highest BCUT2D eigenvalue weighted by molar-refractivity contribution is 5.77. The zero-order valence-corrected chi connectivity index (χ0v) is 10.8. The number of carbonyl (C=O) groups is 1. The SMILES string of the molecule is Cc1ccc(CCc2cncc(C#N)c2)c(C=O)c1. The lowest BCUT2D eigenvalue weighted by Crippen LogP contribution is -1.98. The Morgan fingerprint density at radius 2 is 2.11 bits per heavy atom. The van der Waals surface area contributed by atoms with Crippen molar-refractivity contribution >= 4 is 6.29 Å². The van der Waals surface area contributed by atoms with Gasteiger partial charge in [0.2, 0.25) is 0 Å². The number of nitrogens with zero attached hydrogens (tertiary/aromatic N) is 2. The van der Waals surface area contributed by atoms with Gasteiger partial charge in [-0.2, -0.15) is 5.26 Å². The Morgan fingerprint density at radius 1 is 1.26 bits per heavy atom. The van der Waals surface area contributed by atoms with Gasteiger partial charge < -0.3 is 0 Å². The molecule has 0 saturated heterocycles. The number of benzene rings is 1. The molecule has 0 aliphatic rings. The monoisotopic (exact) mass is 250 g/mol. The third-order valence-corrected chi connectivity index (χ3v) is 3.04. The van der Waals surface area contributed by atoms with Crippen molar-refractivity contribution in [2.45, 2.75) is 19.8 Å². The summed E-state index contributed by atoms with van der Waals surface area (Å²) in [4.78, 5) is 15.1. The highest BCUT2D eigenvalue weighted by Crippen LogP contribution is 2.13. The van der Waals surface area contributed by atoms with Crippen LogP contribution in [0.1, 0.15) is 32.6 Å². The van der Waals surface area contributed by atoms with Gasteiger partial charge in [-0.05, 0) is 43.0 Å². The van der Waals surface area contributed by atoms with E-state index in [4.69, 9.17) is 5.26 Å². The lowest BCUT2D eigenvalue weighted by atomic mass is 9.99. The maximum absolute atomic E-state index is 11.0. The zero-order chi connectivity index (χ0) is 13.7. The molecule has 0 radical (unpaired) electrons. The molecule has 1 aromatic carbocycles. The number of aromatic nitrogens is 1. The zero-order valence-electron chi connectivity index (χ0n) is 10.8. The maximum atomic E-state index is 11.0. The summed E-state index contributed by atoms with van der Waals surface area (Å²) in [5, 5.41) is 8.82. The van der Waals surface area contributed by atoms with Crippen LogP contribution in [0.5, 0.6) is 0 Å². The van der Waals surface area contributed by atoms with Gasteiger partial charge in [-0.1, -0.05) is 17.7 Å². The van der Waals surface area contributed by atoms with Gasteiger partial charge in [0.25, 0.3) is 0 Å². The minimum atomic E-state index is 0.567. The van der Waals surface area contributed by atoms with Crippen LogP contribution in [0.25, 0.3) is 0 Å². The molecule has 3 heteroatoms. The molecule has 0 fully saturated rings. The fourth-order valence-electron chi connectivity index (χ4n) is 2.02. The largest absolute Gasteiger partial charge is 0.298 e. The molecule has 1 heterocycles. The molecule has 0 amide bonds. The fraction of sp³-hybridized carbons (Fsp3) is 0.188. The van der Waals surface area contributed by atoms with Crippen LogP contribution in [0.3, 0.4) is 0 Å². The summed E-state index contributed by atoms with van der Waals surface area (Å²) < 4.78 is 0. The van der Waals surface area contributed by atoms with Gasteiger partial charge in [-0.15, -0.1) is 0 Å². The molecule has 0 saturated carbocycles. The molecule has 0 unspecified atom stereocenters. The van der Waals surface area contributed by atoms with Crippen LogP contribution >= 0.6 is 0 Å². The molecule has 3 nitrogen and oxygen atoms in total. The average Bonchev–Trinajstić information content (AvgIpc) is 2.46. The van der Waals surface area contributed by atoms with Gasteiger partial charge in [0.15, 0.2) is 0 Å². The van der Waals surface area contributed by atoms with E-state index in [2.05, 4.69) is 11.1 Å². The van der Waals surface area contributed by atoms with Crippen LogP contribution in [0, 0.1) is 18.3 Å². The van der Waals surface area contributed by atoms with Crippen molar-refractivity contribution in [1.82, 2.24) is 4.98 Å². The first kappa shape index (κ1) is 13.0. The van der Waals surface area contributed by atoms with E-state index in [1.165, 1.54) is 0 Å². The van der Waals surface area contributed by atoms with Crippen molar-refractivity contribution < 1.29 is 4.79 Å².